The number of halogens is 1. The van der Waals surface area contributed by atoms with Gasteiger partial charge in [-0.1, -0.05) is 45.9 Å². The minimum absolute atomic E-state index is 0. The van der Waals surface area contributed by atoms with Crippen LogP contribution in [0.4, 0.5) is 5.69 Å². The third-order valence-electron chi connectivity index (χ3n) is 7.14. The molecular weight excluding hydrogens is 490 g/mol. The first-order valence-corrected chi connectivity index (χ1v) is 13.2. The summed E-state index contributed by atoms with van der Waals surface area (Å²) in [5.74, 6) is 1.14. The quantitative estimate of drug-likeness (QED) is 0.369. The Bertz CT molecular complexity index is 1080. The van der Waals surface area contributed by atoms with Crippen LogP contribution in [0.3, 0.4) is 0 Å². The fraction of sp³-hybridized carbons (Fsp3) is 0.483. The monoisotopic (exact) mass is 529 g/mol. The van der Waals surface area contributed by atoms with E-state index >= 15 is 0 Å². The molecule has 1 atom stereocenters. The molecule has 0 bridgehead atoms. The summed E-state index contributed by atoms with van der Waals surface area (Å²) in [6.45, 7) is 16.0. The highest BCUT2D eigenvalue weighted by Gasteiger charge is 2.38. The van der Waals surface area contributed by atoms with Crippen molar-refractivity contribution >= 4 is 24.1 Å². The molecular formula is C29H40ClN3O4. The smallest absolute Gasteiger partial charge is 0.337 e. The summed E-state index contributed by atoms with van der Waals surface area (Å²) < 4.78 is 17.6. The molecule has 2 aromatic rings. The van der Waals surface area contributed by atoms with Crippen molar-refractivity contribution < 1.29 is 19.0 Å². The zero-order valence-electron chi connectivity index (χ0n) is 22.4. The van der Waals surface area contributed by atoms with Gasteiger partial charge < -0.3 is 29.3 Å². The normalized spacial score (nSPS) is 16.2. The van der Waals surface area contributed by atoms with Crippen LogP contribution in [0.15, 0.2) is 53.7 Å². The molecule has 0 saturated heterocycles. The van der Waals surface area contributed by atoms with Gasteiger partial charge in [0.2, 0.25) is 0 Å². The van der Waals surface area contributed by atoms with E-state index in [2.05, 4.69) is 54.9 Å². The van der Waals surface area contributed by atoms with Crippen molar-refractivity contribution in [3.8, 4) is 11.5 Å². The molecule has 2 aromatic carbocycles. The lowest BCUT2D eigenvalue weighted by molar-refractivity contribution is -0.136. The Kier molecular flexibility index (Phi) is 10.7. The number of likely N-dealkylation sites (N-methyl/N-ethyl adjacent to an activating group) is 2. The standard InChI is InChI=1S/C29H39N3O4.ClH/c1-5-31(6-2)14-16-34-22-11-9-10-21(18-22)27-24-13-12-23(35-17-15-32(7-3)8-4)19-25(24)30-26-20-36-29(33)28(26)27;/h9-13,18-19,27,30H,5-8,14-17,20H2,1-4H3;1H. The van der Waals surface area contributed by atoms with Gasteiger partial charge in [0.1, 0.15) is 31.3 Å². The lowest BCUT2D eigenvalue weighted by atomic mass is 9.81. The second-order valence-electron chi connectivity index (χ2n) is 9.10. The highest BCUT2D eigenvalue weighted by atomic mass is 35.5. The van der Waals surface area contributed by atoms with Gasteiger partial charge in [-0.05, 0) is 55.5 Å². The number of rotatable bonds is 13. The number of cyclic esters (lactones) is 1. The van der Waals surface area contributed by atoms with Crippen molar-refractivity contribution in [3.05, 3.63) is 64.9 Å². The zero-order chi connectivity index (χ0) is 25.5. The van der Waals surface area contributed by atoms with Crippen LogP contribution < -0.4 is 14.8 Å². The number of esters is 1. The summed E-state index contributed by atoms with van der Waals surface area (Å²) in [7, 11) is 0. The molecule has 2 aliphatic rings. The maximum atomic E-state index is 12.7. The number of nitrogens with one attached hydrogen (secondary N) is 1. The highest BCUT2D eigenvalue weighted by Crippen LogP contribution is 2.45. The van der Waals surface area contributed by atoms with Crippen LogP contribution in [0.25, 0.3) is 0 Å². The van der Waals surface area contributed by atoms with E-state index in [1.807, 2.05) is 30.3 Å². The van der Waals surface area contributed by atoms with Crippen LogP contribution in [-0.2, 0) is 9.53 Å². The predicted octanol–water partition coefficient (Wildman–Crippen LogP) is 4.92. The molecule has 202 valence electrons. The molecule has 1 N–H and O–H groups in total. The van der Waals surface area contributed by atoms with Crippen molar-refractivity contribution in [1.29, 1.82) is 0 Å². The molecule has 0 amide bonds. The molecule has 2 aliphatic heterocycles. The Morgan fingerprint density at radius 1 is 0.892 bits per heavy atom. The van der Waals surface area contributed by atoms with Gasteiger partial charge in [0.05, 0.1) is 11.3 Å². The first kappa shape index (κ1) is 28.8. The summed E-state index contributed by atoms with van der Waals surface area (Å²) in [5, 5.41) is 3.43. The largest absolute Gasteiger partial charge is 0.492 e. The Morgan fingerprint density at radius 2 is 1.51 bits per heavy atom. The Hall–Kier alpha value is -2.74. The second kappa shape index (κ2) is 13.7. The predicted molar refractivity (Wildman–Crippen MR) is 150 cm³/mol. The van der Waals surface area contributed by atoms with Gasteiger partial charge in [-0.3, -0.25) is 0 Å². The van der Waals surface area contributed by atoms with E-state index in [1.165, 1.54) is 0 Å². The molecule has 0 saturated carbocycles. The van der Waals surface area contributed by atoms with Gasteiger partial charge in [-0.2, -0.15) is 0 Å². The average molecular weight is 530 g/mol. The average Bonchev–Trinajstić information content (AvgIpc) is 3.27. The van der Waals surface area contributed by atoms with Crippen LogP contribution in [0, 0.1) is 0 Å². The van der Waals surface area contributed by atoms with Crippen LogP contribution in [-0.4, -0.2) is 74.9 Å². The Labute approximate surface area is 227 Å². The van der Waals surface area contributed by atoms with Crippen LogP contribution in [0.2, 0.25) is 0 Å². The van der Waals surface area contributed by atoms with E-state index in [1.54, 1.807) is 0 Å². The van der Waals surface area contributed by atoms with E-state index in [0.717, 1.165) is 73.3 Å². The lowest BCUT2D eigenvalue weighted by Gasteiger charge is -2.28. The molecule has 0 fully saturated rings. The molecule has 4 rings (SSSR count). The number of carbonyl (C=O) groups is 1. The molecule has 37 heavy (non-hydrogen) atoms. The van der Waals surface area contributed by atoms with E-state index in [0.29, 0.717) is 18.8 Å². The number of benzene rings is 2. The SMILES string of the molecule is CCN(CC)CCOc1cccc(C2C3=C(COC3=O)Nc3cc(OCCN(CC)CC)ccc32)c1.Cl. The van der Waals surface area contributed by atoms with Crippen molar-refractivity contribution in [2.45, 2.75) is 33.6 Å². The first-order valence-electron chi connectivity index (χ1n) is 13.2. The zero-order valence-corrected chi connectivity index (χ0v) is 23.2. The van der Waals surface area contributed by atoms with Crippen molar-refractivity contribution in [3.63, 3.8) is 0 Å². The number of carbonyl (C=O) groups excluding carboxylic acids is 1. The molecule has 2 heterocycles. The fourth-order valence-electron chi connectivity index (χ4n) is 4.91. The number of hydrogen-bond donors (Lipinski definition) is 1. The van der Waals surface area contributed by atoms with Gasteiger partial charge in [0.25, 0.3) is 0 Å². The summed E-state index contributed by atoms with van der Waals surface area (Å²) in [6, 6.07) is 14.2. The Balaban J connectivity index is 0.00000380. The number of hydrogen-bond acceptors (Lipinski definition) is 7. The maximum absolute atomic E-state index is 12.7. The first-order chi connectivity index (χ1) is 17.6. The Morgan fingerprint density at radius 3 is 2.14 bits per heavy atom. The topological polar surface area (TPSA) is 63.3 Å². The molecule has 0 aromatic heterocycles. The van der Waals surface area contributed by atoms with Gasteiger partial charge >= 0.3 is 5.97 Å². The van der Waals surface area contributed by atoms with E-state index < -0.39 is 0 Å². The molecule has 8 heteroatoms. The number of nitrogens with zero attached hydrogens (tertiary/aromatic N) is 2. The lowest BCUT2D eigenvalue weighted by Crippen LogP contribution is -2.28. The molecule has 0 radical (unpaired) electrons. The summed E-state index contributed by atoms with van der Waals surface area (Å²) in [6.07, 6.45) is 0. The minimum atomic E-state index is -0.263. The number of anilines is 1. The van der Waals surface area contributed by atoms with Crippen molar-refractivity contribution in [2.24, 2.45) is 0 Å². The maximum Gasteiger partial charge on any atom is 0.337 e. The van der Waals surface area contributed by atoms with Gasteiger partial charge in [0.15, 0.2) is 0 Å². The molecule has 0 spiro atoms. The second-order valence-corrected chi connectivity index (χ2v) is 9.10. The van der Waals surface area contributed by atoms with Crippen molar-refractivity contribution in [2.75, 3.05) is 64.4 Å². The van der Waals surface area contributed by atoms with E-state index in [9.17, 15) is 4.79 Å². The van der Waals surface area contributed by atoms with E-state index in [4.69, 9.17) is 14.2 Å². The fourth-order valence-corrected chi connectivity index (χ4v) is 4.91. The summed E-state index contributed by atoms with van der Waals surface area (Å²) in [5.41, 5.74) is 4.50. The van der Waals surface area contributed by atoms with E-state index in [-0.39, 0.29) is 30.9 Å². The van der Waals surface area contributed by atoms with Crippen LogP contribution in [0.1, 0.15) is 44.7 Å². The van der Waals surface area contributed by atoms with Crippen molar-refractivity contribution in [1.82, 2.24) is 9.80 Å². The third-order valence-corrected chi connectivity index (χ3v) is 7.14. The van der Waals surface area contributed by atoms with Crippen LogP contribution >= 0.6 is 12.4 Å². The summed E-state index contributed by atoms with van der Waals surface area (Å²) in [4.78, 5) is 17.4. The third kappa shape index (κ3) is 6.78. The molecule has 7 nitrogen and oxygen atoms in total. The van der Waals surface area contributed by atoms with Crippen LogP contribution in [0.5, 0.6) is 11.5 Å². The van der Waals surface area contributed by atoms with Gasteiger partial charge in [-0.25, -0.2) is 4.79 Å². The number of fused-ring (bicyclic) bond motifs is 1. The summed E-state index contributed by atoms with van der Waals surface area (Å²) >= 11 is 0. The number of ether oxygens (including phenoxy) is 3. The minimum Gasteiger partial charge on any atom is -0.492 e. The molecule has 1 unspecified atom stereocenters. The van der Waals surface area contributed by atoms with Gasteiger partial charge in [0, 0.05) is 30.8 Å². The highest BCUT2D eigenvalue weighted by molar-refractivity contribution is 5.97. The van der Waals surface area contributed by atoms with Gasteiger partial charge in [-0.15, -0.1) is 12.4 Å². The molecule has 0 aliphatic carbocycles.